The Hall–Kier alpha value is -2.34. The van der Waals surface area contributed by atoms with Gasteiger partial charge < -0.3 is 0 Å². The lowest BCUT2D eigenvalue weighted by molar-refractivity contribution is 1.20. The first-order valence-corrected chi connectivity index (χ1v) is 6.68. The molecule has 0 heterocycles. The zero-order chi connectivity index (χ0) is 12.7. The van der Waals surface area contributed by atoms with Crippen molar-refractivity contribution in [2.45, 2.75) is 6.42 Å². The maximum atomic E-state index is 2.30. The van der Waals surface area contributed by atoms with Gasteiger partial charge in [-0.05, 0) is 45.9 Å². The lowest BCUT2D eigenvalue weighted by atomic mass is 9.99. The van der Waals surface area contributed by atoms with Gasteiger partial charge in [0.2, 0.25) is 0 Å². The van der Waals surface area contributed by atoms with Crippen LogP contribution in [0.4, 0.5) is 0 Å². The highest BCUT2D eigenvalue weighted by Gasteiger charge is 2.16. The van der Waals surface area contributed by atoms with Crippen LogP contribution in [0.2, 0.25) is 0 Å². The van der Waals surface area contributed by atoms with E-state index in [0.717, 1.165) is 6.42 Å². The average Bonchev–Trinajstić information content (AvgIpc) is 2.63. The quantitative estimate of drug-likeness (QED) is 0.413. The molecule has 1 aromatic carbocycles. The molecule has 0 N–H and O–H groups in total. The molecule has 0 aliphatic heterocycles. The fourth-order valence-corrected chi connectivity index (χ4v) is 2.95. The van der Waals surface area contributed by atoms with Gasteiger partial charge in [0.1, 0.15) is 0 Å². The Bertz CT molecular complexity index is 750. The molecule has 0 amide bonds. The van der Waals surface area contributed by atoms with Crippen LogP contribution in [0, 0.1) is 0 Å². The van der Waals surface area contributed by atoms with Crippen molar-refractivity contribution in [1.82, 2.24) is 0 Å². The second kappa shape index (κ2) is 4.10. The van der Waals surface area contributed by atoms with E-state index in [1.807, 2.05) is 0 Å². The smallest absolute Gasteiger partial charge is 0.000772 e. The van der Waals surface area contributed by atoms with Gasteiger partial charge in [-0.3, -0.25) is 0 Å². The van der Waals surface area contributed by atoms with Gasteiger partial charge in [-0.25, -0.2) is 0 Å². The Balaban J connectivity index is 1.98. The van der Waals surface area contributed by atoms with Gasteiger partial charge >= 0.3 is 0 Å². The van der Waals surface area contributed by atoms with Crippen molar-refractivity contribution in [3.8, 4) is 11.1 Å². The van der Waals surface area contributed by atoms with Gasteiger partial charge in [0.15, 0.2) is 0 Å². The molecular formula is C19H14. The van der Waals surface area contributed by atoms with Crippen LogP contribution in [0.3, 0.4) is 0 Å². The Morgan fingerprint density at radius 3 is 2.47 bits per heavy atom. The van der Waals surface area contributed by atoms with Crippen LogP contribution in [-0.2, 0) is 6.42 Å². The van der Waals surface area contributed by atoms with Gasteiger partial charge in [-0.1, -0.05) is 66.7 Å². The third kappa shape index (κ3) is 1.68. The van der Waals surface area contributed by atoms with E-state index in [4.69, 9.17) is 0 Å². The summed E-state index contributed by atoms with van der Waals surface area (Å²) in [5.74, 6) is 0. The fraction of sp³-hybridized carbons (Fsp3) is 0.0526. The molecule has 19 heavy (non-hydrogen) atoms. The molecule has 0 bridgehead atoms. The molecule has 0 unspecified atom stereocenters. The number of hydrogen-bond donors (Lipinski definition) is 0. The minimum atomic E-state index is 1.02. The van der Waals surface area contributed by atoms with E-state index in [0.29, 0.717) is 0 Å². The van der Waals surface area contributed by atoms with Crippen molar-refractivity contribution in [1.29, 1.82) is 0 Å². The monoisotopic (exact) mass is 242 g/mol. The molecule has 1 aromatic rings. The van der Waals surface area contributed by atoms with Gasteiger partial charge in [0.25, 0.3) is 0 Å². The standard InChI is InChI=1S/C19H14/c1-2-8-16-12-17-11-10-14-6-4-5-7-15(14)13-19(17)18(16)9-3-1/h1-12H,13H2. The molecule has 0 spiro atoms. The van der Waals surface area contributed by atoms with Crippen LogP contribution in [0.15, 0.2) is 60.7 Å². The minimum Gasteiger partial charge on any atom is -0.0622 e. The normalized spacial score (nSPS) is 12.8. The predicted molar refractivity (Wildman–Crippen MR) is 81.2 cm³/mol. The van der Waals surface area contributed by atoms with Gasteiger partial charge in [-0.15, -0.1) is 0 Å². The summed E-state index contributed by atoms with van der Waals surface area (Å²) < 4.78 is 0. The Kier molecular flexibility index (Phi) is 2.28. The van der Waals surface area contributed by atoms with Crippen LogP contribution in [0.1, 0.15) is 22.3 Å². The molecule has 0 fully saturated rings. The molecule has 0 nitrogen and oxygen atoms in total. The van der Waals surface area contributed by atoms with E-state index < -0.39 is 0 Å². The van der Waals surface area contributed by atoms with Crippen molar-refractivity contribution in [2.24, 2.45) is 0 Å². The third-order valence-electron chi connectivity index (χ3n) is 3.92. The first kappa shape index (κ1) is 10.6. The summed E-state index contributed by atoms with van der Waals surface area (Å²) in [6.07, 6.45) is 5.51. The maximum Gasteiger partial charge on any atom is -0.000772 e. The molecule has 0 aromatic heterocycles. The van der Waals surface area contributed by atoms with Crippen molar-refractivity contribution in [3.05, 3.63) is 82.9 Å². The number of benzene rings is 1. The molecule has 3 aliphatic rings. The van der Waals surface area contributed by atoms with Crippen LogP contribution < -0.4 is 0 Å². The van der Waals surface area contributed by atoms with E-state index in [9.17, 15) is 0 Å². The first-order valence-electron chi connectivity index (χ1n) is 6.68. The molecule has 3 aliphatic carbocycles. The molecule has 0 atom stereocenters. The molecule has 0 heteroatoms. The van der Waals surface area contributed by atoms with Crippen LogP contribution in [-0.4, -0.2) is 0 Å². The summed E-state index contributed by atoms with van der Waals surface area (Å²) in [4.78, 5) is 0. The zero-order valence-electron chi connectivity index (χ0n) is 10.6. The van der Waals surface area contributed by atoms with E-state index >= 15 is 0 Å². The Labute approximate surface area is 113 Å². The second-order valence-corrected chi connectivity index (χ2v) is 5.07. The molecule has 4 rings (SSSR count). The topological polar surface area (TPSA) is 0 Å². The lowest BCUT2D eigenvalue weighted by Gasteiger charge is -2.05. The van der Waals surface area contributed by atoms with E-state index in [2.05, 4.69) is 72.8 Å². The van der Waals surface area contributed by atoms with Crippen molar-refractivity contribution in [2.75, 3.05) is 0 Å². The van der Waals surface area contributed by atoms with Crippen molar-refractivity contribution >= 4 is 12.2 Å². The molecule has 0 radical (unpaired) electrons. The third-order valence-corrected chi connectivity index (χ3v) is 3.92. The van der Waals surface area contributed by atoms with Gasteiger partial charge in [0, 0.05) is 0 Å². The van der Waals surface area contributed by atoms with E-state index in [-0.39, 0.29) is 0 Å². The summed E-state index contributed by atoms with van der Waals surface area (Å²) in [5.41, 5.74) is 8.27. The fourth-order valence-electron chi connectivity index (χ4n) is 2.95. The second-order valence-electron chi connectivity index (χ2n) is 5.07. The molecular weight excluding hydrogens is 228 g/mol. The van der Waals surface area contributed by atoms with Crippen LogP contribution in [0.5, 0.6) is 0 Å². The highest BCUT2D eigenvalue weighted by molar-refractivity contribution is 5.85. The molecule has 90 valence electrons. The van der Waals surface area contributed by atoms with Crippen molar-refractivity contribution < 1.29 is 0 Å². The maximum absolute atomic E-state index is 2.30. The molecule has 0 saturated heterocycles. The van der Waals surface area contributed by atoms with Crippen LogP contribution in [0.25, 0.3) is 23.3 Å². The number of hydrogen-bond acceptors (Lipinski definition) is 0. The molecule has 0 saturated carbocycles. The van der Waals surface area contributed by atoms with Crippen LogP contribution >= 0.6 is 0 Å². The number of rotatable bonds is 0. The predicted octanol–water partition coefficient (Wildman–Crippen LogP) is 4.87. The minimum absolute atomic E-state index is 1.02. The van der Waals surface area contributed by atoms with E-state index in [1.54, 1.807) is 0 Å². The summed E-state index contributed by atoms with van der Waals surface area (Å²) in [6.45, 7) is 0. The highest BCUT2D eigenvalue weighted by Crippen LogP contribution is 2.36. The van der Waals surface area contributed by atoms with Gasteiger partial charge in [-0.2, -0.15) is 0 Å². The Morgan fingerprint density at radius 2 is 1.47 bits per heavy atom. The first-order chi connectivity index (χ1) is 9.42. The SMILES string of the molecule is C1=Cc2cc3cccccc-3c2Cc2ccccc21. The highest BCUT2D eigenvalue weighted by atomic mass is 14.2. The number of fused-ring (bicyclic) bond motifs is 4. The Morgan fingerprint density at radius 1 is 0.684 bits per heavy atom. The summed E-state index contributed by atoms with van der Waals surface area (Å²) in [5, 5.41) is 0. The van der Waals surface area contributed by atoms with E-state index in [1.165, 1.54) is 33.4 Å². The average molecular weight is 242 g/mol. The lowest BCUT2D eigenvalue weighted by Crippen LogP contribution is -1.90. The summed E-state index contributed by atoms with van der Waals surface area (Å²) in [7, 11) is 0. The largest absolute Gasteiger partial charge is 0.0622 e. The summed E-state index contributed by atoms with van der Waals surface area (Å²) in [6, 6.07) is 21.7. The van der Waals surface area contributed by atoms with Gasteiger partial charge in [0.05, 0.1) is 0 Å². The van der Waals surface area contributed by atoms with Crippen molar-refractivity contribution in [3.63, 3.8) is 0 Å². The zero-order valence-corrected chi connectivity index (χ0v) is 10.6. The summed E-state index contributed by atoms with van der Waals surface area (Å²) >= 11 is 0.